The Hall–Kier alpha value is -2.27. The lowest BCUT2D eigenvalue weighted by Crippen LogP contribution is -2.14. The molecule has 0 saturated heterocycles. The second-order valence-electron chi connectivity index (χ2n) is 4.50. The van der Waals surface area contributed by atoms with Gasteiger partial charge >= 0.3 is 0 Å². The predicted octanol–water partition coefficient (Wildman–Crippen LogP) is 2.70. The van der Waals surface area contributed by atoms with Gasteiger partial charge in [0.05, 0.1) is 12.6 Å². The smallest absolute Gasteiger partial charge is 0.231 e. The van der Waals surface area contributed by atoms with E-state index < -0.39 is 0 Å². The van der Waals surface area contributed by atoms with E-state index in [2.05, 4.69) is 5.32 Å². The van der Waals surface area contributed by atoms with E-state index in [-0.39, 0.29) is 25.3 Å². The van der Waals surface area contributed by atoms with Crippen molar-refractivity contribution in [2.45, 2.75) is 6.04 Å². The van der Waals surface area contributed by atoms with Gasteiger partial charge in [-0.15, -0.1) is 0 Å². The molecule has 1 aliphatic heterocycles. The van der Waals surface area contributed by atoms with Gasteiger partial charge in [-0.2, -0.15) is 0 Å². The van der Waals surface area contributed by atoms with Crippen LogP contribution in [0.15, 0.2) is 42.5 Å². The van der Waals surface area contributed by atoms with Crippen molar-refractivity contribution in [1.29, 1.82) is 0 Å². The highest BCUT2D eigenvalue weighted by Gasteiger charge is 2.17. The summed E-state index contributed by atoms with van der Waals surface area (Å²) >= 11 is 0. The number of aliphatic hydroxyl groups excluding tert-OH is 1. The van der Waals surface area contributed by atoms with Crippen molar-refractivity contribution < 1.29 is 19.0 Å². The Morgan fingerprint density at radius 3 is 2.80 bits per heavy atom. The number of ether oxygens (including phenoxy) is 2. The minimum atomic E-state index is -0.341. The van der Waals surface area contributed by atoms with Gasteiger partial charge in [0.15, 0.2) is 11.5 Å². The van der Waals surface area contributed by atoms with Crippen LogP contribution in [0, 0.1) is 5.82 Å². The molecule has 5 heteroatoms. The number of aliphatic hydroxyl groups is 1. The molecule has 2 aromatic carbocycles. The van der Waals surface area contributed by atoms with Gasteiger partial charge in [-0.1, -0.05) is 12.1 Å². The normalized spacial score (nSPS) is 14.1. The molecule has 1 unspecified atom stereocenters. The van der Waals surface area contributed by atoms with Crippen molar-refractivity contribution in [3.05, 3.63) is 53.8 Å². The van der Waals surface area contributed by atoms with Crippen molar-refractivity contribution in [2.75, 3.05) is 18.7 Å². The summed E-state index contributed by atoms with van der Waals surface area (Å²) in [5.74, 6) is 1.02. The highest BCUT2D eigenvalue weighted by Crippen LogP contribution is 2.34. The largest absolute Gasteiger partial charge is 0.454 e. The molecule has 3 rings (SSSR count). The molecule has 0 aliphatic carbocycles. The molecule has 0 radical (unpaired) electrons. The van der Waals surface area contributed by atoms with Crippen LogP contribution in [-0.4, -0.2) is 18.5 Å². The van der Waals surface area contributed by atoms with Gasteiger partial charge < -0.3 is 19.9 Å². The molecule has 1 heterocycles. The van der Waals surface area contributed by atoms with E-state index in [1.54, 1.807) is 18.2 Å². The molecule has 1 aliphatic rings. The third-order valence-corrected chi connectivity index (χ3v) is 3.15. The van der Waals surface area contributed by atoms with E-state index in [4.69, 9.17) is 9.47 Å². The third kappa shape index (κ3) is 2.53. The maximum absolute atomic E-state index is 13.2. The zero-order valence-corrected chi connectivity index (χ0v) is 10.7. The highest BCUT2D eigenvalue weighted by molar-refractivity contribution is 5.49. The van der Waals surface area contributed by atoms with E-state index in [0.717, 1.165) is 5.56 Å². The molecule has 104 valence electrons. The average molecular weight is 275 g/mol. The number of hydrogen-bond acceptors (Lipinski definition) is 4. The van der Waals surface area contributed by atoms with Crippen molar-refractivity contribution in [3.63, 3.8) is 0 Å². The molecule has 2 aromatic rings. The lowest BCUT2D eigenvalue weighted by molar-refractivity contribution is 0.174. The number of benzene rings is 2. The van der Waals surface area contributed by atoms with Crippen molar-refractivity contribution in [3.8, 4) is 11.5 Å². The number of rotatable bonds is 4. The lowest BCUT2D eigenvalue weighted by Gasteiger charge is -2.18. The number of fused-ring (bicyclic) bond motifs is 1. The van der Waals surface area contributed by atoms with Crippen molar-refractivity contribution in [1.82, 2.24) is 0 Å². The van der Waals surface area contributed by atoms with Crippen molar-refractivity contribution in [2.24, 2.45) is 0 Å². The number of nitrogens with one attached hydrogen (secondary N) is 1. The number of anilines is 1. The summed E-state index contributed by atoms with van der Waals surface area (Å²) in [6.45, 7) is 0.0933. The van der Waals surface area contributed by atoms with Gasteiger partial charge in [0, 0.05) is 5.69 Å². The second kappa shape index (κ2) is 5.38. The van der Waals surface area contributed by atoms with E-state index >= 15 is 0 Å². The zero-order chi connectivity index (χ0) is 13.9. The van der Waals surface area contributed by atoms with Crippen LogP contribution < -0.4 is 14.8 Å². The molecule has 0 spiro atoms. The van der Waals surface area contributed by atoms with Crippen LogP contribution in [0.25, 0.3) is 0 Å². The monoisotopic (exact) mass is 275 g/mol. The molecule has 0 saturated carbocycles. The van der Waals surface area contributed by atoms with E-state index in [1.807, 2.05) is 12.1 Å². The van der Waals surface area contributed by atoms with Crippen LogP contribution in [0.1, 0.15) is 11.6 Å². The standard InChI is InChI=1S/C15H14FNO3/c16-11-2-1-3-12(7-11)17-13(8-18)10-4-5-14-15(6-10)20-9-19-14/h1-7,13,17-18H,8-9H2. The fraction of sp³-hybridized carbons (Fsp3) is 0.200. The molecule has 2 N–H and O–H groups in total. The maximum atomic E-state index is 13.2. The first-order chi connectivity index (χ1) is 9.76. The third-order valence-electron chi connectivity index (χ3n) is 3.15. The first kappa shape index (κ1) is 12.7. The second-order valence-corrected chi connectivity index (χ2v) is 4.50. The predicted molar refractivity (Wildman–Crippen MR) is 72.4 cm³/mol. The lowest BCUT2D eigenvalue weighted by atomic mass is 10.1. The Labute approximate surface area is 115 Å². The SMILES string of the molecule is OCC(Nc1cccc(F)c1)c1ccc2c(c1)OCO2. The Morgan fingerprint density at radius 1 is 1.15 bits per heavy atom. The van der Waals surface area contributed by atoms with Crippen LogP contribution in [0.3, 0.4) is 0 Å². The van der Waals surface area contributed by atoms with Gasteiger partial charge in [-0.05, 0) is 35.9 Å². The average Bonchev–Trinajstić information content (AvgIpc) is 2.92. The van der Waals surface area contributed by atoms with Crippen LogP contribution in [0.2, 0.25) is 0 Å². The first-order valence-corrected chi connectivity index (χ1v) is 6.29. The summed E-state index contributed by atoms with van der Waals surface area (Å²) in [7, 11) is 0. The molecule has 4 nitrogen and oxygen atoms in total. The summed E-state index contributed by atoms with van der Waals surface area (Å²) in [6.07, 6.45) is 0. The van der Waals surface area contributed by atoms with Gasteiger partial charge in [0.1, 0.15) is 5.82 Å². The van der Waals surface area contributed by atoms with Crippen LogP contribution in [0.5, 0.6) is 11.5 Å². The Bertz CT molecular complexity index is 618. The minimum absolute atomic E-state index is 0.115. The number of halogens is 1. The summed E-state index contributed by atoms with van der Waals surface area (Å²) < 4.78 is 23.7. The van der Waals surface area contributed by atoms with Crippen LogP contribution in [0.4, 0.5) is 10.1 Å². The van der Waals surface area contributed by atoms with E-state index in [1.165, 1.54) is 12.1 Å². The van der Waals surface area contributed by atoms with Gasteiger partial charge in [-0.3, -0.25) is 0 Å². The zero-order valence-electron chi connectivity index (χ0n) is 10.7. The fourth-order valence-electron chi connectivity index (χ4n) is 2.14. The van der Waals surface area contributed by atoms with Crippen LogP contribution in [-0.2, 0) is 0 Å². The van der Waals surface area contributed by atoms with Gasteiger partial charge in [0.25, 0.3) is 0 Å². The summed E-state index contributed by atoms with van der Waals surface area (Å²) in [5, 5.41) is 12.6. The molecule has 0 amide bonds. The quantitative estimate of drug-likeness (QED) is 0.900. The number of hydrogen-bond donors (Lipinski definition) is 2. The maximum Gasteiger partial charge on any atom is 0.231 e. The van der Waals surface area contributed by atoms with Crippen LogP contribution >= 0.6 is 0 Å². The molecule has 0 fully saturated rings. The first-order valence-electron chi connectivity index (χ1n) is 6.29. The Balaban J connectivity index is 1.83. The summed E-state index contributed by atoms with van der Waals surface area (Å²) in [6, 6.07) is 11.2. The minimum Gasteiger partial charge on any atom is -0.454 e. The molecular weight excluding hydrogens is 261 g/mol. The topological polar surface area (TPSA) is 50.7 Å². The Kier molecular flexibility index (Phi) is 3.43. The highest BCUT2D eigenvalue weighted by atomic mass is 19.1. The Morgan fingerprint density at radius 2 is 2.00 bits per heavy atom. The fourth-order valence-corrected chi connectivity index (χ4v) is 2.14. The molecule has 20 heavy (non-hydrogen) atoms. The van der Waals surface area contributed by atoms with E-state index in [9.17, 15) is 9.50 Å². The molecule has 1 atom stereocenters. The molecule has 0 bridgehead atoms. The molecule has 0 aromatic heterocycles. The van der Waals surface area contributed by atoms with Crippen molar-refractivity contribution >= 4 is 5.69 Å². The summed E-state index contributed by atoms with van der Waals surface area (Å²) in [5.41, 5.74) is 1.46. The summed E-state index contributed by atoms with van der Waals surface area (Å²) in [4.78, 5) is 0. The van der Waals surface area contributed by atoms with E-state index in [0.29, 0.717) is 17.2 Å². The van der Waals surface area contributed by atoms with Gasteiger partial charge in [-0.25, -0.2) is 4.39 Å². The van der Waals surface area contributed by atoms with Gasteiger partial charge in [0.2, 0.25) is 6.79 Å². The molecular formula is C15H14FNO3.